The van der Waals surface area contributed by atoms with E-state index >= 15 is 0 Å². The number of carbonyl (C=O) groups is 1. The second kappa shape index (κ2) is 4.07. The zero-order valence-electron chi connectivity index (χ0n) is 8.05. The molecule has 13 heavy (non-hydrogen) atoms. The summed E-state index contributed by atoms with van der Waals surface area (Å²) < 4.78 is 0. The molecule has 0 unspecified atom stereocenters. The van der Waals surface area contributed by atoms with E-state index < -0.39 is 5.60 Å². The molecule has 0 atom stereocenters. The van der Waals surface area contributed by atoms with E-state index in [1.165, 1.54) is 0 Å². The van der Waals surface area contributed by atoms with Crippen molar-refractivity contribution in [1.29, 1.82) is 0 Å². The molecule has 0 radical (unpaired) electrons. The van der Waals surface area contributed by atoms with Crippen LogP contribution in [0.4, 0.5) is 0 Å². The van der Waals surface area contributed by atoms with Crippen LogP contribution in [0.2, 0.25) is 0 Å². The van der Waals surface area contributed by atoms with Crippen LogP contribution in [0.15, 0.2) is 0 Å². The predicted octanol–water partition coefficient (Wildman–Crippen LogP) is -0.245. The number of amides is 1. The van der Waals surface area contributed by atoms with Gasteiger partial charge in [0, 0.05) is 12.6 Å². The molecule has 0 aliphatic heterocycles. The first-order valence-corrected chi connectivity index (χ1v) is 4.85. The lowest BCUT2D eigenvalue weighted by atomic mass is 9.82. The van der Waals surface area contributed by atoms with E-state index in [2.05, 4.69) is 5.32 Å². The number of aliphatic hydroxyl groups is 1. The van der Waals surface area contributed by atoms with Crippen molar-refractivity contribution in [3.05, 3.63) is 0 Å². The van der Waals surface area contributed by atoms with Gasteiger partial charge >= 0.3 is 0 Å². The maximum Gasteiger partial charge on any atom is 0.251 e. The van der Waals surface area contributed by atoms with Crippen LogP contribution >= 0.6 is 0 Å². The van der Waals surface area contributed by atoms with Crippen LogP contribution in [0, 0.1) is 0 Å². The van der Waals surface area contributed by atoms with Crippen LogP contribution in [-0.2, 0) is 4.79 Å². The molecule has 0 aromatic carbocycles. The van der Waals surface area contributed by atoms with E-state index in [0.717, 1.165) is 12.8 Å². The average Bonchev–Trinajstić information content (AvgIpc) is 2.11. The average molecular weight is 186 g/mol. The standard InChI is InChI=1S/C9H18N2O2/c1-2-11-8(12)9(13)5-3-7(10)4-6-9/h7,13H,2-6,10H2,1H3,(H,11,12). The van der Waals surface area contributed by atoms with Gasteiger partial charge in [-0.3, -0.25) is 4.79 Å². The Morgan fingerprint density at radius 3 is 2.62 bits per heavy atom. The highest BCUT2D eigenvalue weighted by atomic mass is 16.3. The van der Waals surface area contributed by atoms with Gasteiger partial charge in [0.15, 0.2) is 0 Å². The summed E-state index contributed by atoms with van der Waals surface area (Å²) in [7, 11) is 0. The van der Waals surface area contributed by atoms with Crippen molar-refractivity contribution in [3.63, 3.8) is 0 Å². The molecule has 4 heteroatoms. The zero-order chi connectivity index (χ0) is 9.90. The lowest BCUT2D eigenvalue weighted by molar-refractivity contribution is -0.143. The van der Waals surface area contributed by atoms with Gasteiger partial charge in [0.1, 0.15) is 5.60 Å². The molecule has 0 bridgehead atoms. The van der Waals surface area contributed by atoms with Crippen LogP contribution in [0.1, 0.15) is 32.6 Å². The van der Waals surface area contributed by atoms with E-state index in [1.54, 1.807) is 0 Å². The van der Waals surface area contributed by atoms with Gasteiger partial charge in [0.25, 0.3) is 5.91 Å². The van der Waals surface area contributed by atoms with Crippen molar-refractivity contribution >= 4 is 5.91 Å². The Labute approximate surface area is 78.5 Å². The quantitative estimate of drug-likeness (QED) is 0.557. The Balaban J connectivity index is 2.51. The van der Waals surface area contributed by atoms with Crippen LogP contribution in [0.3, 0.4) is 0 Å². The van der Waals surface area contributed by atoms with Crippen molar-refractivity contribution in [1.82, 2.24) is 5.32 Å². The topological polar surface area (TPSA) is 75.3 Å². The van der Waals surface area contributed by atoms with Crippen LogP contribution in [0.5, 0.6) is 0 Å². The van der Waals surface area contributed by atoms with Gasteiger partial charge in [-0.25, -0.2) is 0 Å². The molecule has 1 fully saturated rings. The molecule has 0 saturated heterocycles. The van der Waals surface area contributed by atoms with Gasteiger partial charge in [-0.2, -0.15) is 0 Å². The fraction of sp³-hybridized carbons (Fsp3) is 0.889. The van der Waals surface area contributed by atoms with E-state index in [4.69, 9.17) is 5.73 Å². The third-order valence-corrected chi connectivity index (χ3v) is 2.62. The number of rotatable bonds is 2. The second-order valence-electron chi connectivity index (χ2n) is 3.73. The van der Waals surface area contributed by atoms with E-state index in [1.807, 2.05) is 6.92 Å². The molecule has 1 saturated carbocycles. The van der Waals surface area contributed by atoms with Crippen LogP contribution in [0.25, 0.3) is 0 Å². The van der Waals surface area contributed by atoms with E-state index in [9.17, 15) is 9.90 Å². The summed E-state index contributed by atoms with van der Waals surface area (Å²) in [5.41, 5.74) is 4.53. The lowest BCUT2D eigenvalue weighted by Gasteiger charge is -2.33. The van der Waals surface area contributed by atoms with Crippen LogP contribution in [-0.4, -0.2) is 29.2 Å². The SMILES string of the molecule is CCNC(=O)C1(O)CCC(N)CC1. The first-order chi connectivity index (χ1) is 6.08. The Kier molecular flexibility index (Phi) is 3.27. The molecule has 1 rings (SSSR count). The van der Waals surface area contributed by atoms with Crippen molar-refractivity contribution in [3.8, 4) is 0 Å². The number of nitrogens with one attached hydrogen (secondary N) is 1. The molecule has 1 aliphatic rings. The Morgan fingerprint density at radius 2 is 2.15 bits per heavy atom. The molecule has 0 aromatic heterocycles. The van der Waals surface area contributed by atoms with Gasteiger partial charge in [-0.1, -0.05) is 0 Å². The normalized spacial score (nSPS) is 34.2. The van der Waals surface area contributed by atoms with E-state index in [0.29, 0.717) is 19.4 Å². The summed E-state index contributed by atoms with van der Waals surface area (Å²) in [4.78, 5) is 11.4. The largest absolute Gasteiger partial charge is 0.380 e. The molecule has 4 N–H and O–H groups in total. The highest BCUT2D eigenvalue weighted by molar-refractivity contribution is 5.84. The van der Waals surface area contributed by atoms with Crippen molar-refractivity contribution < 1.29 is 9.90 Å². The Hall–Kier alpha value is -0.610. The van der Waals surface area contributed by atoms with Crippen LogP contribution < -0.4 is 11.1 Å². The Bertz CT molecular complexity index is 186. The highest BCUT2D eigenvalue weighted by Gasteiger charge is 2.38. The maximum atomic E-state index is 11.4. The molecular formula is C9H18N2O2. The summed E-state index contributed by atoms with van der Waals surface area (Å²) in [5, 5.41) is 12.6. The first-order valence-electron chi connectivity index (χ1n) is 4.85. The maximum absolute atomic E-state index is 11.4. The number of nitrogens with two attached hydrogens (primary N) is 1. The fourth-order valence-corrected chi connectivity index (χ4v) is 1.67. The lowest BCUT2D eigenvalue weighted by Crippen LogP contribution is -2.50. The fourth-order valence-electron chi connectivity index (χ4n) is 1.67. The highest BCUT2D eigenvalue weighted by Crippen LogP contribution is 2.27. The number of likely N-dealkylation sites (N-methyl/N-ethyl adjacent to an activating group) is 1. The van der Waals surface area contributed by atoms with Crippen molar-refractivity contribution in [2.24, 2.45) is 5.73 Å². The smallest absolute Gasteiger partial charge is 0.251 e. The predicted molar refractivity (Wildman–Crippen MR) is 50.1 cm³/mol. The van der Waals surface area contributed by atoms with Gasteiger partial charge in [-0.15, -0.1) is 0 Å². The summed E-state index contributed by atoms with van der Waals surface area (Å²) in [5.74, 6) is -0.248. The third kappa shape index (κ3) is 2.42. The molecule has 4 nitrogen and oxygen atoms in total. The summed E-state index contributed by atoms with van der Waals surface area (Å²) in [6, 6.07) is 0.148. The van der Waals surface area contributed by atoms with E-state index in [-0.39, 0.29) is 11.9 Å². The minimum absolute atomic E-state index is 0.148. The number of hydrogen-bond acceptors (Lipinski definition) is 3. The monoisotopic (exact) mass is 186 g/mol. The number of hydrogen-bond donors (Lipinski definition) is 3. The summed E-state index contributed by atoms with van der Waals surface area (Å²) >= 11 is 0. The van der Waals surface area contributed by atoms with Gasteiger partial charge in [0.05, 0.1) is 0 Å². The molecule has 76 valence electrons. The molecule has 0 spiro atoms. The van der Waals surface area contributed by atoms with Crippen molar-refractivity contribution in [2.75, 3.05) is 6.54 Å². The minimum Gasteiger partial charge on any atom is -0.380 e. The van der Waals surface area contributed by atoms with Crippen molar-refractivity contribution in [2.45, 2.75) is 44.2 Å². The molecule has 1 amide bonds. The molecule has 0 aromatic rings. The first kappa shape index (κ1) is 10.5. The third-order valence-electron chi connectivity index (χ3n) is 2.62. The molecule has 0 heterocycles. The molecule has 1 aliphatic carbocycles. The van der Waals surface area contributed by atoms with Gasteiger partial charge < -0.3 is 16.2 Å². The summed E-state index contributed by atoms with van der Waals surface area (Å²) in [6.07, 6.45) is 2.43. The zero-order valence-corrected chi connectivity index (χ0v) is 8.05. The summed E-state index contributed by atoms with van der Waals surface area (Å²) in [6.45, 7) is 2.41. The second-order valence-corrected chi connectivity index (χ2v) is 3.73. The number of carbonyl (C=O) groups excluding carboxylic acids is 1. The minimum atomic E-state index is -1.16. The Morgan fingerprint density at radius 1 is 1.62 bits per heavy atom. The van der Waals surface area contributed by atoms with Gasteiger partial charge in [0.2, 0.25) is 0 Å². The molecular weight excluding hydrogens is 168 g/mol. The van der Waals surface area contributed by atoms with Gasteiger partial charge in [-0.05, 0) is 32.6 Å².